The SMILES string of the molecule is CCOC(=O)C(C(=O)c1ccc(OC)cc1)=C1Sc2c(O)ccc(O)c2S1. The van der Waals surface area contributed by atoms with Crippen LogP contribution in [0.3, 0.4) is 0 Å². The Morgan fingerprint density at radius 3 is 2.00 bits per heavy atom. The van der Waals surface area contributed by atoms with Crippen molar-refractivity contribution in [2.45, 2.75) is 16.7 Å². The fraction of sp³-hybridized carbons (Fsp3) is 0.158. The molecule has 3 rings (SSSR count). The van der Waals surface area contributed by atoms with Crippen molar-refractivity contribution in [1.29, 1.82) is 0 Å². The summed E-state index contributed by atoms with van der Waals surface area (Å²) in [5, 5.41) is 20.1. The summed E-state index contributed by atoms with van der Waals surface area (Å²) in [6, 6.07) is 9.10. The molecule has 0 bridgehead atoms. The summed E-state index contributed by atoms with van der Waals surface area (Å²) in [6.45, 7) is 1.77. The molecule has 0 radical (unpaired) electrons. The molecule has 0 saturated heterocycles. The van der Waals surface area contributed by atoms with Gasteiger partial charge in [0.05, 0.1) is 27.7 Å². The number of ketones is 1. The molecule has 0 aliphatic carbocycles. The number of esters is 1. The van der Waals surface area contributed by atoms with Crippen LogP contribution in [0.15, 0.2) is 56.0 Å². The highest BCUT2D eigenvalue weighted by Gasteiger charge is 2.33. The topological polar surface area (TPSA) is 93.1 Å². The van der Waals surface area contributed by atoms with Crippen molar-refractivity contribution in [2.75, 3.05) is 13.7 Å². The molecular weight excluding hydrogens is 388 g/mol. The zero-order valence-electron chi connectivity index (χ0n) is 14.5. The van der Waals surface area contributed by atoms with E-state index in [9.17, 15) is 19.8 Å². The minimum Gasteiger partial charge on any atom is -0.507 e. The van der Waals surface area contributed by atoms with Gasteiger partial charge in [-0.15, -0.1) is 0 Å². The predicted molar refractivity (Wildman–Crippen MR) is 102 cm³/mol. The summed E-state index contributed by atoms with van der Waals surface area (Å²) in [6.07, 6.45) is 0. The molecule has 1 aliphatic heterocycles. The van der Waals surface area contributed by atoms with Gasteiger partial charge in [-0.05, 0) is 43.3 Å². The van der Waals surface area contributed by atoms with Crippen LogP contribution in [0.2, 0.25) is 0 Å². The fourth-order valence-corrected chi connectivity index (χ4v) is 4.99. The van der Waals surface area contributed by atoms with Gasteiger partial charge >= 0.3 is 5.97 Å². The average Bonchev–Trinajstić information content (AvgIpc) is 3.11. The van der Waals surface area contributed by atoms with Crippen LogP contribution in [-0.2, 0) is 9.53 Å². The van der Waals surface area contributed by atoms with E-state index in [4.69, 9.17) is 9.47 Å². The maximum Gasteiger partial charge on any atom is 0.343 e. The third-order valence-electron chi connectivity index (χ3n) is 3.72. The van der Waals surface area contributed by atoms with Crippen LogP contribution in [0.5, 0.6) is 17.2 Å². The second kappa shape index (κ2) is 7.98. The number of rotatable bonds is 5. The molecule has 0 atom stereocenters. The van der Waals surface area contributed by atoms with Gasteiger partial charge in [0, 0.05) is 5.56 Å². The Bertz CT molecular complexity index is 901. The van der Waals surface area contributed by atoms with E-state index in [1.165, 1.54) is 19.2 Å². The number of phenols is 2. The normalized spacial score (nSPS) is 12.4. The van der Waals surface area contributed by atoms with E-state index in [1.807, 2.05) is 0 Å². The lowest BCUT2D eigenvalue weighted by molar-refractivity contribution is -0.138. The Kier molecular flexibility index (Phi) is 5.67. The molecule has 2 N–H and O–H groups in total. The highest BCUT2D eigenvalue weighted by Crippen LogP contribution is 2.58. The van der Waals surface area contributed by atoms with Gasteiger partial charge in [0.25, 0.3) is 0 Å². The number of hydrogen-bond donors (Lipinski definition) is 2. The van der Waals surface area contributed by atoms with Gasteiger partial charge in [-0.1, -0.05) is 23.5 Å². The lowest BCUT2D eigenvalue weighted by atomic mass is 10.0. The van der Waals surface area contributed by atoms with Crippen LogP contribution >= 0.6 is 23.5 Å². The molecule has 0 amide bonds. The first kappa shape index (κ1) is 19.2. The van der Waals surface area contributed by atoms with Crippen molar-refractivity contribution in [3.8, 4) is 17.2 Å². The van der Waals surface area contributed by atoms with E-state index in [0.717, 1.165) is 23.5 Å². The highest BCUT2D eigenvalue weighted by molar-refractivity contribution is 8.25. The van der Waals surface area contributed by atoms with E-state index in [1.54, 1.807) is 31.2 Å². The number of carbonyl (C=O) groups excluding carboxylic acids is 2. The quantitative estimate of drug-likeness (QED) is 0.193. The number of fused-ring (bicyclic) bond motifs is 1. The highest BCUT2D eigenvalue weighted by atomic mass is 32.2. The molecule has 2 aromatic rings. The molecule has 27 heavy (non-hydrogen) atoms. The summed E-state index contributed by atoms with van der Waals surface area (Å²) >= 11 is 2.11. The lowest BCUT2D eigenvalue weighted by Gasteiger charge is -2.09. The summed E-state index contributed by atoms with van der Waals surface area (Å²) in [4.78, 5) is 26.3. The van der Waals surface area contributed by atoms with Crippen molar-refractivity contribution in [1.82, 2.24) is 0 Å². The van der Waals surface area contributed by atoms with Crippen molar-refractivity contribution < 1.29 is 29.3 Å². The standard InChI is InChI=1S/C19H16O6S2/c1-3-25-18(23)14(15(22)10-4-6-11(24-2)7-5-10)19-26-16-12(20)8-9-13(21)17(16)27-19/h4-9,20-21H,3H2,1-2H3. The molecule has 1 aliphatic rings. The van der Waals surface area contributed by atoms with Gasteiger partial charge in [-0.3, -0.25) is 4.79 Å². The van der Waals surface area contributed by atoms with E-state index < -0.39 is 11.8 Å². The van der Waals surface area contributed by atoms with Gasteiger partial charge in [0.1, 0.15) is 22.8 Å². The smallest absolute Gasteiger partial charge is 0.343 e. The molecule has 140 valence electrons. The van der Waals surface area contributed by atoms with Gasteiger partial charge in [0.2, 0.25) is 5.78 Å². The van der Waals surface area contributed by atoms with Crippen molar-refractivity contribution >= 4 is 35.3 Å². The van der Waals surface area contributed by atoms with E-state index >= 15 is 0 Å². The number of ether oxygens (including phenoxy) is 2. The summed E-state index contributed by atoms with van der Waals surface area (Å²) < 4.78 is 10.5. The molecule has 0 spiro atoms. The number of methoxy groups -OCH3 is 1. The first-order chi connectivity index (χ1) is 13.0. The van der Waals surface area contributed by atoms with Crippen LogP contribution in [-0.4, -0.2) is 35.7 Å². The maximum atomic E-state index is 13.0. The van der Waals surface area contributed by atoms with Crippen LogP contribution in [0.1, 0.15) is 17.3 Å². The van der Waals surface area contributed by atoms with Crippen molar-refractivity contribution in [3.63, 3.8) is 0 Å². The average molecular weight is 404 g/mol. The zero-order valence-corrected chi connectivity index (χ0v) is 16.1. The summed E-state index contributed by atoms with van der Waals surface area (Å²) in [7, 11) is 1.52. The molecule has 8 heteroatoms. The minimum atomic E-state index is -0.750. The first-order valence-electron chi connectivity index (χ1n) is 7.97. The van der Waals surface area contributed by atoms with E-state index in [0.29, 0.717) is 25.3 Å². The monoisotopic (exact) mass is 404 g/mol. The summed E-state index contributed by atoms with van der Waals surface area (Å²) in [5.41, 5.74) is 0.170. The number of thioether (sulfide) groups is 2. The molecule has 6 nitrogen and oxygen atoms in total. The molecule has 1 heterocycles. The predicted octanol–water partition coefficient (Wildman–Crippen LogP) is 3.96. The van der Waals surface area contributed by atoms with Gasteiger partial charge in [0.15, 0.2) is 0 Å². The minimum absolute atomic E-state index is 0.0320. The second-order valence-electron chi connectivity index (χ2n) is 5.41. The maximum absolute atomic E-state index is 13.0. The largest absolute Gasteiger partial charge is 0.507 e. The van der Waals surface area contributed by atoms with Gasteiger partial charge < -0.3 is 19.7 Å². The number of phenolic OH excluding ortho intramolecular Hbond substituents is 2. The molecule has 0 aromatic heterocycles. The number of aromatic hydroxyl groups is 2. The molecular formula is C19H16O6S2. The van der Waals surface area contributed by atoms with Crippen LogP contribution < -0.4 is 4.74 Å². The zero-order chi connectivity index (χ0) is 19.6. The second-order valence-corrected chi connectivity index (χ2v) is 7.71. The molecule has 2 aromatic carbocycles. The Labute approximate surface area is 164 Å². The third-order valence-corrected chi connectivity index (χ3v) is 6.37. The Morgan fingerprint density at radius 2 is 1.52 bits per heavy atom. The Balaban J connectivity index is 2.05. The fourth-order valence-electron chi connectivity index (χ4n) is 2.41. The van der Waals surface area contributed by atoms with E-state index in [-0.39, 0.29) is 23.7 Å². The molecule has 0 saturated carbocycles. The van der Waals surface area contributed by atoms with Gasteiger partial charge in [-0.2, -0.15) is 0 Å². The van der Waals surface area contributed by atoms with Crippen LogP contribution in [0.25, 0.3) is 0 Å². The van der Waals surface area contributed by atoms with Crippen molar-refractivity contribution in [3.05, 3.63) is 51.8 Å². The van der Waals surface area contributed by atoms with E-state index in [2.05, 4.69) is 0 Å². The number of hydrogen-bond acceptors (Lipinski definition) is 8. The van der Waals surface area contributed by atoms with Crippen LogP contribution in [0, 0.1) is 0 Å². The Hall–Kier alpha value is -2.58. The molecule has 0 unspecified atom stereocenters. The van der Waals surface area contributed by atoms with Crippen LogP contribution in [0.4, 0.5) is 0 Å². The number of carbonyl (C=O) groups is 2. The molecule has 0 fully saturated rings. The Morgan fingerprint density at radius 1 is 0.963 bits per heavy atom. The number of Topliss-reactive ketones (excluding diaryl/α,β-unsaturated/α-hetero) is 1. The van der Waals surface area contributed by atoms with Crippen molar-refractivity contribution in [2.24, 2.45) is 0 Å². The first-order valence-corrected chi connectivity index (χ1v) is 9.60. The number of benzene rings is 2. The van der Waals surface area contributed by atoms with Gasteiger partial charge in [-0.25, -0.2) is 4.79 Å². The lowest BCUT2D eigenvalue weighted by Crippen LogP contribution is -2.17. The third kappa shape index (κ3) is 3.77. The summed E-state index contributed by atoms with van der Waals surface area (Å²) in [5.74, 6) is -0.729.